The lowest BCUT2D eigenvalue weighted by Crippen LogP contribution is -2.42. The highest BCUT2D eigenvalue weighted by Crippen LogP contribution is 2.53. The average molecular weight is 558 g/mol. The van der Waals surface area contributed by atoms with Crippen molar-refractivity contribution in [1.29, 1.82) is 5.26 Å². The molecule has 1 saturated carbocycles. The zero-order valence-electron chi connectivity index (χ0n) is 20.9. The van der Waals surface area contributed by atoms with Gasteiger partial charge in [-0.1, -0.05) is 63.1 Å². The SMILES string of the molecule is CCSc1ccsc1C1C(C#N)=C(N)N(c2nnc(SC3CCCCC3)s2)C2=C1C(=O)CC(C)(C)C2. The molecule has 0 saturated heterocycles. The highest BCUT2D eigenvalue weighted by Gasteiger charge is 2.46. The molecule has 5 rings (SSSR count). The number of thiophene rings is 1. The Balaban J connectivity index is 1.60. The van der Waals surface area contributed by atoms with Crippen LogP contribution in [0, 0.1) is 16.7 Å². The number of allylic oxidation sites excluding steroid dienone is 3. The monoisotopic (exact) mass is 557 g/mol. The first-order chi connectivity index (χ1) is 17.3. The van der Waals surface area contributed by atoms with Gasteiger partial charge in [0, 0.05) is 32.7 Å². The van der Waals surface area contributed by atoms with Gasteiger partial charge >= 0.3 is 0 Å². The molecule has 190 valence electrons. The van der Waals surface area contributed by atoms with Crippen molar-refractivity contribution in [3.63, 3.8) is 0 Å². The van der Waals surface area contributed by atoms with Gasteiger partial charge in [0.05, 0.1) is 17.6 Å². The van der Waals surface area contributed by atoms with E-state index >= 15 is 0 Å². The number of Topliss-reactive ketones (excluding diaryl/α,β-unsaturated/α-hetero) is 1. The molecule has 10 heteroatoms. The number of ketones is 1. The Morgan fingerprint density at radius 1 is 1.25 bits per heavy atom. The fourth-order valence-electron chi connectivity index (χ4n) is 5.45. The number of carbonyl (C=O) groups excluding carboxylic acids is 1. The van der Waals surface area contributed by atoms with E-state index in [1.54, 1.807) is 34.9 Å². The number of carbonyl (C=O) groups is 1. The molecule has 1 atom stereocenters. The third kappa shape index (κ3) is 4.87. The summed E-state index contributed by atoms with van der Waals surface area (Å²) in [5.74, 6) is 0.961. The number of anilines is 1. The first kappa shape index (κ1) is 25.8. The van der Waals surface area contributed by atoms with Crippen LogP contribution in [0.4, 0.5) is 5.13 Å². The van der Waals surface area contributed by atoms with Crippen LogP contribution in [0.25, 0.3) is 0 Å². The second-order valence-electron chi connectivity index (χ2n) is 10.3. The van der Waals surface area contributed by atoms with E-state index in [2.05, 4.69) is 43.1 Å². The maximum absolute atomic E-state index is 13.7. The van der Waals surface area contributed by atoms with Crippen molar-refractivity contribution in [1.82, 2.24) is 10.2 Å². The number of aromatic nitrogens is 2. The van der Waals surface area contributed by atoms with Crippen molar-refractivity contribution in [3.05, 3.63) is 39.0 Å². The van der Waals surface area contributed by atoms with Crippen molar-refractivity contribution in [3.8, 4) is 6.07 Å². The zero-order chi connectivity index (χ0) is 25.4. The molecular weight excluding hydrogens is 527 g/mol. The topological polar surface area (TPSA) is 95.9 Å². The predicted octanol–water partition coefficient (Wildman–Crippen LogP) is 7.08. The van der Waals surface area contributed by atoms with E-state index in [1.165, 1.54) is 43.4 Å². The van der Waals surface area contributed by atoms with Gasteiger partial charge in [-0.3, -0.25) is 9.69 Å². The highest BCUT2D eigenvalue weighted by atomic mass is 32.2. The highest BCUT2D eigenvalue weighted by molar-refractivity contribution is 8.01. The molecule has 0 spiro atoms. The average Bonchev–Trinajstić information content (AvgIpc) is 3.48. The molecule has 2 aromatic heterocycles. The minimum absolute atomic E-state index is 0.0960. The van der Waals surface area contributed by atoms with Crippen molar-refractivity contribution in [2.75, 3.05) is 10.7 Å². The molecule has 0 aromatic carbocycles. The number of nitriles is 1. The molecule has 3 heterocycles. The third-order valence-electron chi connectivity index (χ3n) is 7.01. The van der Waals surface area contributed by atoms with Crippen LogP contribution in [0.2, 0.25) is 0 Å². The molecule has 6 nitrogen and oxygen atoms in total. The van der Waals surface area contributed by atoms with E-state index in [1.807, 2.05) is 10.3 Å². The van der Waals surface area contributed by atoms with Crippen LogP contribution < -0.4 is 10.6 Å². The molecule has 2 aromatic rings. The van der Waals surface area contributed by atoms with Crippen LogP contribution >= 0.6 is 46.2 Å². The van der Waals surface area contributed by atoms with E-state index in [4.69, 9.17) is 5.73 Å². The molecule has 0 amide bonds. The number of hydrogen-bond donors (Lipinski definition) is 1. The van der Waals surface area contributed by atoms with Crippen molar-refractivity contribution in [2.45, 2.75) is 86.1 Å². The second kappa shape index (κ2) is 10.5. The van der Waals surface area contributed by atoms with Crippen molar-refractivity contribution < 1.29 is 4.79 Å². The lowest BCUT2D eigenvalue weighted by Gasteiger charge is -2.42. The van der Waals surface area contributed by atoms with Gasteiger partial charge in [-0.15, -0.1) is 33.3 Å². The van der Waals surface area contributed by atoms with Crippen LogP contribution in [0.15, 0.2) is 43.3 Å². The van der Waals surface area contributed by atoms with Gasteiger partial charge in [0.1, 0.15) is 5.82 Å². The van der Waals surface area contributed by atoms with Gasteiger partial charge in [0.2, 0.25) is 5.13 Å². The smallest absolute Gasteiger partial charge is 0.219 e. The third-order valence-corrected chi connectivity index (χ3v) is 11.4. The van der Waals surface area contributed by atoms with Crippen molar-refractivity contribution >= 4 is 57.1 Å². The Labute approximate surface area is 229 Å². The molecule has 3 aliphatic rings. The summed E-state index contributed by atoms with van der Waals surface area (Å²) in [6.07, 6.45) is 7.42. The van der Waals surface area contributed by atoms with E-state index in [-0.39, 0.29) is 11.2 Å². The van der Waals surface area contributed by atoms with Gasteiger partial charge in [-0.2, -0.15) is 5.26 Å². The first-order valence-electron chi connectivity index (χ1n) is 12.5. The van der Waals surface area contributed by atoms with E-state index in [9.17, 15) is 10.1 Å². The Kier molecular flexibility index (Phi) is 7.55. The summed E-state index contributed by atoms with van der Waals surface area (Å²) in [4.78, 5) is 17.8. The van der Waals surface area contributed by atoms with Gasteiger partial charge in [0.15, 0.2) is 10.1 Å². The molecule has 1 aliphatic heterocycles. The Morgan fingerprint density at radius 3 is 2.75 bits per heavy atom. The van der Waals surface area contributed by atoms with Gasteiger partial charge < -0.3 is 5.73 Å². The summed E-state index contributed by atoms with van der Waals surface area (Å²) in [5, 5.41) is 22.6. The summed E-state index contributed by atoms with van der Waals surface area (Å²) in [6.45, 7) is 6.35. The summed E-state index contributed by atoms with van der Waals surface area (Å²) in [5.41, 5.74) is 8.60. The predicted molar refractivity (Wildman–Crippen MR) is 150 cm³/mol. The van der Waals surface area contributed by atoms with Crippen LogP contribution in [-0.4, -0.2) is 27.0 Å². The maximum Gasteiger partial charge on any atom is 0.219 e. The zero-order valence-corrected chi connectivity index (χ0v) is 24.1. The van der Waals surface area contributed by atoms with Gasteiger partial charge in [0.25, 0.3) is 0 Å². The molecule has 36 heavy (non-hydrogen) atoms. The number of nitrogens with zero attached hydrogens (tertiary/aromatic N) is 4. The van der Waals surface area contributed by atoms with Crippen LogP contribution in [0.5, 0.6) is 0 Å². The van der Waals surface area contributed by atoms with Crippen LogP contribution in [-0.2, 0) is 4.79 Å². The first-order valence-corrected chi connectivity index (χ1v) is 16.1. The summed E-state index contributed by atoms with van der Waals surface area (Å²) in [7, 11) is 0. The summed E-state index contributed by atoms with van der Waals surface area (Å²) in [6, 6.07) is 4.47. The molecule has 0 radical (unpaired) electrons. The number of nitrogens with two attached hydrogens (primary N) is 1. The van der Waals surface area contributed by atoms with Crippen LogP contribution in [0.3, 0.4) is 0 Å². The number of hydrogen-bond acceptors (Lipinski definition) is 10. The van der Waals surface area contributed by atoms with E-state index in [0.717, 1.165) is 25.6 Å². The Hall–Kier alpha value is -1.80. The largest absolute Gasteiger partial charge is 0.384 e. The molecule has 1 unspecified atom stereocenters. The Morgan fingerprint density at radius 2 is 2.03 bits per heavy atom. The minimum atomic E-state index is -0.428. The fourth-order valence-corrected chi connectivity index (χ4v) is 9.89. The van der Waals surface area contributed by atoms with E-state index < -0.39 is 5.92 Å². The normalized spacial score (nSPS) is 22.7. The Bertz CT molecular complexity index is 1260. The van der Waals surface area contributed by atoms with Crippen LogP contribution in [0.1, 0.15) is 76.5 Å². The summed E-state index contributed by atoms with van der Waals surface area (Å²) >= 11 is 6.66. The van der Waals surface area contributed by atoms with Gasteiger partial charge in [-0.25, -0.2) is 0 Å². The van der Waals surface area contributed by atoms with Gasteiger partial charge in [-0.05, 0) is 41.9 Å². The molecule has 2 N–H and O–H groups in total. The quantitative estimate of drug-likeness (QED) is 0.377. The maximum atomic E-state index is 13.7. The molecule has 1 fully saturated rings. The lowest BCUT2D eigenvalue weighted by atomic mass is 9.70. The molecular formula is C26H31N5OS4. The molecule has 2 aliphatic carbocycles. The number of rotatable bonds is 6. The molecule has 0 bridgehead atoms. The second-order valence-corrected chi connectivity index (χ2v) is 15.0. The lowest BCUT2D eigenvalue weighted by molar-refractivity contribution is -0.118. The fraction of sp³-hybridized carbons (Fsp3) is 0.538. The standard InChI is InChI=1S/C26H31N5OS4/c1-4-33-19-10-11-34-22(19)20-16(14-27)23(28)31(17-12-26(2,3)13-18(32)21(17)20)24-29-30-25(36-24)35-15-8-6-5-7-9-15/h10-11,15,20H,4-9,12-13,28H2,1-3H3. The van der Waals surface area contributed by atoms with Crippen molar-refractivity contribution in [2.24, 2.45) is 11.1 Å². The summed E-state index contributed by atoms with van der Waals surface area (Å²) < 4.78 is 0.925. The number of thioether (sulfide) groups is 2. The van der Waals surface area contributed by atoms with E-state index in [0.29, 0.717) is 40.2 Å². The minimum Gasteiger partial charge on any atom is -0.384 e.